The van der Waals surface area contributed by atoms with E-state index in [1.165, 1.54) is 4.90 Å². The van der Waals surface area contributed by atoms with Gasteiger partial charge in [0.1, 0.15) is 6.04 Å². The van der Waals surface area contributed by atoms with Crippen molar-refractivity contribution >= 4 is 45.3 Å². The summed E-state index contributed by atoms with van der Waals surface area (Å²) < 4.78 is 11.4. The molecule has 1 saturated heterocycles. The molecule has 0 saturated carbocycles. The number of hydrogen-bond donors (Lipinski definition) is 1. The summed E-state index contributed by atoms with van der Waals surface area (Å²) in [5, 5.41) is 8.89. The first kappa shape index (κ1) is 21.6. The third kappa shape index (κ3) is 4.35. The summed E-state index contributed by atoms with van der Waals surface area (Å²) in [5.41, 5.74) is 1.02. The Labute approximate surface area is 190 Å². The van der Waals surface area contributed by atoms with E-state index >= 15 is 0 Å². The quantitative estimate of drug-likeness (QED) is 0.478. The molecule has 1 fully saturated rings. The SMILES string of the molecule is O=C(O)/C=C/C(=O)N(Cc1ccc2c(c1)OCO2)C1CC(=O)N(c2ccc(Br)cc2)C1=O. The van der Waals surface area contributed by atoms with Crippen molar-refractivity contribution in [1.82, 2.24) is 4.90 Å². The summed E-state index contributed by atoms with van der Waals surface area (Å²) in [6, 6.07) is 10.6. The van der Waals surface area contributed by atoms with Gasteiger partial charge in [0.2, 0.25) is 18.6 Å². The van der Waals surface area contributed by atoms with E-state index in [0.29, 0.717) is 28.8 Å². The van der Waals surface area contributed by atoms with Crippen molar-refractivity contribution < 1.29 is 33.8 Å². The number of nitrogens with zero attached hydrogens (tertiary/aromatic N) is 2. The predicted molar refractivity (Wildman–Crippen MR) is 115 cm³/mol. The highest BCUT2D eigenvalue weighted by molar-refractivity contribution is 9.10. The number of imide groups is 1. The van der Waals surface area contributed by atoms with Crippen molar-refractivity contribution in [2.45, 2.75) is 19.0 Å². The van der Waals surface area contributed by atoms with E-state index in [1.807, 2.05) is 0 Å². The monoisotopic (exact) mass is 500 g/mol. The van der Waals surface area contributed by atoms with E-state index < -0.39 is 29.7 Å². The zero-order valence-electron chi connectivity index (χ0n) is 16.6. The first-order valence-corrected chi connectivity index (χ1v) is 10.4. The van der Waals surface area contributed by atoms with Crippen molar-refractivity contribution in [2.75, 3.05) is 11.7 Å². The van der Waals surface area contributed by atoms with Gasteiger partial charge in [-0.15, -0.1) is 0 Å². The van der Waals surface area contributed by atoms with Crippen molar-refractivity contribution in [3.05, 3.63) is 64.7 Å². The molecule has 1 unspecified atom stereocenters. The first-order valence-electron chi connectivity index (χ1n) is 9.56. The summed E-state index contributed by atoms with van der Waals surface area (Å²) in [6.07, 6.45) is 1.35. The molecule has 9 nitrogen and oxygen atoms in total. The highest BCUT2D eigenvalue weighted by atomic mass is 79.9. The van der Waals surface area contributed by atoms with Gasteiger partial charge in [-0.25, -0.2) is 9.69 Å². The molecule has 0 aliphatic carbocycles. The number of carboxylic acids is 1. The molecule has 4 rings (SSSR count). The van der Waals surface area contributed by atoms with Gasteiger partial charge < -0.3 is 19.5 Å². The van der Waals surface area contributed by atoms with E-state index in [4.69, 9.17) is 14.6 Å². The molecule has 2 aliphatic heterocycles. The first-order chi connectivity index (χ1) is 15.3. The van der Waals surface area contributed by atoms with Crippen LogP contribution in [0, 0.1) is 0 Å². The number of rotatable bonds is 6. The van der Waals surface area contributed by atoms with Crippen molar-refractivity contribution in [1.29, 1.82) is 0 Å². The summed E-state index contributed by atoms with van der Waals surface area (Å²) in [7, 11) is 0. The fraction of sp³-hybridized carbons (Fsp3) is 0.182. The van der Waals surface area contributed by atoms with Gasteiger partial charge in [-0.1, -0.05) is 22.0 Å². The Kier molecular flexibility index (Phi) is 5.95. The summed E-state index contributed by atoms with van der Waals surface area (Å²) in [5.74, 6) is -1.95. The fourth-order valence-electron chi connectivity index (χ4n) is 3.54. The Morgan fingerprint density at radius 1 is 1.09 bits per heavy atom. The van der Waals surface area contributed by atoms with Crippen LogP contribution in [-0.2, 0) is 25.7 Å². The van der Waals surface area contributed by atoms with E-state index in [9.17, 15) is 19.2 Å². The number of ether oxygens (including phenoxy) is 2. The maximum absolute atomic E-state index is 13.2. The molecule has 2 heterocycles. The molecular weight excluding hydrogens is 484 g/mol. The average molecular weight is 501 g/mol. The van der Waals surface area contributed by atoms with Gasteiger partial charge in [0.15, 0.2) is 11.5 Å². The van der Waals surface area contributed by atoms with Crippen LogP contribution >= 0.6 is 15.9 Å². The smallest absolute Gasteiger partial charge is 0.328 e. The third-order valence-electron chi connectivity index (χ3n) is 5.03. The van der Waals surface area contributed by atoms with Crippen LogP contribution in [-0.4, -0.2) is 46.5 Å². The zero-order chi connectivity index (χ0) is 22.8. The third-order valence-corrected chi connectivity index (χ3v) is 5.55. The number of halogens is 1. The second-order valence-corrected chi connectivity index (χ2v) is 8.00. The van der Waals surface area contributed by atoms with Crippen LogP contribution in [0.1, 0.15) is 12.0 Å². The maximum Gasteiger partial charge on any atom is 0.328 e. The van der Waals surface area contributed by atoms with Crippen LogP contribution in [0.2, 0.25) is 0 Å². The Hall–Kier alpha value is -3.66. The number of benzene rings is 2. The van der Waals surface area contributed by atoms with E-state index in [2.05, 4.69) is 15.9 Å². The fourth-order valence-corrected chi connectivity index (χ4v) is 3.80. The molecule has 1 atom stereocenters. The molecule has 0 aromatic heterocycles. The summed E-state index contributed by atoms with van der Waals surface area (Å²) >= 11 is 3.31. The van der Waals surface area contributed by atoms with Gasteiger partial charge in [-0.3, -0.25) is 14.4 Å². The number of carbonyl (C=O) groups is 4. The second-order valence-electron chi connectivity index (χ2n) is 7.09. The molecule has 164 valence electrons. The normalized spacial score (nSPS) is 17.3. The van der Waals surface area contributed by atoms with Crippen molar-refractivity contribution in [3.8, 4) is 11.5 Å². The predicted octanol–water partition coefficient (Wildman–Crippen LogP) is 2.48. The second kappa shape index (κ2) is 8.83. The lowest BCUT2D eigenvalue weighted by molar-refractivity contribution is -0.135. The van der Waals surface area contributed by atoms with Gasteiger partial charge in [0.25, 0.3) is 5.91 Å². The molecule has 32 heavy (non-hydrogen) atoms. The minimum atomic E-state index is -1.30. The molecule has 10 heteroatoms. The van der Waals surface area contributed by atoms with Crippen molar-refractivity contribution in [2.24, 2.45) is 0 Å². The number of amides is 3. The van der Waals surface area contributed by atoms with Gasteiger partial charge in [-0.05, 0) is 42.0 Å². The lowest BCUT2D eigenvalue weighted by atomic mass is 10.1. The Morgan fingerprint density at radius 2 is 1.81 bits per heavy atom. The minimum Gasteiger partial charge on any atom is -0.478 e. The molecular formula is C22H17BrN2O7. The molecule has 2 aliphatic rings. The number of aliphatic carboxylic acids is 1. The van der Waals surface area contributed by atoms with Crippen LogP contribution in [0.4, 0.5) is 5.69 Å². The number of carboxylic acid groups (broad SMARTS) is 1. The van der Waals surface area contributed by atoms with Gasteiger partial charge >= 0.3 is 5.97 Å². The van der Waals surface area contributed by atoms with Gasteiger partial charge in [0, 0.05) is 23.2 Å². The van der Waals surface area contributed by atoms with Crippen LogP contribution in [0.15, 0.2) is 59.1 Å². The molecule has 2 aromatic carbocycles. The van der Waals surface area contributed by atoms with Gasteiger partial charge in [-0.2, -0.15) is 0 Å². The number of fused-ring (bicyclic) bond motifs is 1. The maximum atomic E-state index is 13.2. The average Bonchev–Trinajstić information content (AvgIpc) is 3.34. The topological polar surface area (TPSA) is 113 Å². The van der Waals surface area contributed by atoms with Crippen LogP contribution in [0.5, 0.6) is 11.5 Å². The van der Waals surface area contributed by atoms with E-state index in [-0.39, 0.29) is 19.8 Å². The number of anilines is 1. The summed E-state index contributed by atoms with van der Waals surface area (Å²) in [4.78, 5) is 51.8. The highest BCUT2D eigenvalue weighted by Gasteiger charge is 2.44. The van der Waals surface area contributed by atoms with Crippen LogP contribution in [0.25, 0.3) is 0 Å². The molecule has 0 radical (unpaired) electrons. The minimum absolute atomic E-state index is 0.0305. The highest BCUT2D eigenvalue weighted by Crippen LogP contribution is 2.34. The largest absolute Gasteiger partial charge is 0.478 e. The molecule has 0 bridgehead atoms. The van der Waals surface area contributed by atoms with E-state index in [0.717, 1.165) is 15.4 Å². The Balaban J connectivity index is 1.64. The zero-order valence-corrected chi connectivity index (χ0v) is 18.1. The van der Waals surface area contributed by atoms with Crippen LogP contribution in [0.3, 0.4) is 0 Å². The lowest BCUT2D eigenvalue weighted by Crippen LogP contribution is -2.44. The van der Waals surface area contributed by atoms with Crippen LogP contribution < -0.4 is 14.4 Å². The Bertz CT molecular complexity index is 1130. The van der Waals surface area contributed by atoms with E-state index in [1.54, 1.807) is 42.5 Å². The number of carbonyl (C=O) groups excluding carboxylic acids is 3. The standard InChI is InChI=1S/C22H17BrN2O7/c23-14-2-4-15(5-3-14)25-20(27)10-16(22(25)30)24(19(26)7-8-21(28)29)11-13-1-6-17-18(9-13)32-12-31-17/h1-9,16H,10-12H2,(H,28,29)/b8-7+. The molecule has 3 amide bonds. The van der Waals surface area contributed by atoms with Gasteiger partial charge in [0.05, 0.1) is 12.1 Å². The molecule has 1 N–H and O–H groups in total. The lowest BCUT2D eigenvalue weighted by Gasteiger charge is -2.26. The Morgan fingerprint density at radius 3 is 2.53 bits per heavy atom. The molecule has 2 aromatic rings. The number of hydrogen-bond acceptors (Lipinski definition) is 6. The molecule has 0 spiro atoms. The van der Waals surface area contributed by atoms with Crippen molar-refractivity contribution in [3.63, 3.8) is 0 Å². The summed E-state index contributed by atoms with van der Waals surface area (Å²) in [6.45, 7) is 0.0534.